The van der Waals surface area contributed by atoms with Crippen LogP contribution in [0.4, 0.5) is 0 Å². The molecule has 0 N–H and O–H groups in total. The molecule has 57 heavy (non-hydrogen) atoms. The molecule has 268 valence electrons. The third-order valence-electron chi connectivity index (χ3n) is 11.5. The fourth-order valence-corrected chi connectivity index (χ4v) is 8.62. The molecule has 11 aromatic rings. The molecule has 0 aliphatic carbocycles. The summed E-state index contributed by atoms with van der Waals surface area (Å²) in [7, 11) is 0. The summed E-state index contributed by atoms with van der Waals surface area (Å²) < 4.78 is 12.9. The van der Waals surface area contributed by atoms with Gasteiger partial charge in [-0.15, -0.1) is 0 Å². The average Bonchev–Trinajstić information content (AvgIpc) is 3.86. The van der Waals surface area contributed by atoms with Gasteiger partial charge in [0.1, 0.15) is 22.3 Å². The quantitative estimate of drug-likeness (QED) is 0.153. The molecule has 0 bridgehead atoms. The number of hydrogen-bond acceptors (Lipinski definition) is 2. The van der Waals surface area contributed by atoms with E-state index in [9.17, 15) is 0 Å². The first-order chi connectivity index (χ1) is 28.2. The van der Waals surface area contributed by atoms with E-state index in [0.717, 1.165) is 66.1 Å². The van der Waals surface area contributed by atoms with Crippen molar-refractivity contribution >= 4 is 43.9 Å². The smallest absolute Gasteiger partial charge is 0.143 e. The minimum Gasteiger partial charge on any atom is -0.455 e. The lowest BCUT2D eigenvalue weighted by Gasteiger charge is -2.21. The standard InChI is InChI=1S/C55H36O2/c1-2-11-36(12-3-1)37-23-25-38(26-24-37)39-27-31-41(32-28-39)53(42-33-29-40(30-34-42)45-17-9-19-49-47-15-4-6-21-51(47)56-54(45)49)44-14-8-13-43(35-44)46-18-10-20-50-48-16-5-7-22-52(48)57-55(46)50/h1-35,53H. The Kier molecular flexibility index (Phi) is 7.93. The molecule has 2 heterocycles. The Labute approximate surface area is 330 Å². The Hall–Kier alpha value is -7.42. The van der Waals surface area contributed by atoms with E-state index in [1.807, 2.05) is 24.3 Å². The van der Waals surface area contributed by atoms with Crippen LogP contribution in [0.2, 0.25) is 0 Å². The van der Waals surface area contributed by atoms with Crippen molar-refractivity contribution in [3.63, 3.8) is 0 Å². The second-order valence-electron chi connectivity index (χ2n) is 14.8. The van der Waals surface area contributed by atoms with Crippen LogP contribution < -0.4 is 0 Å². The maximum absolute atomic E-state index is 6.49. The van der Waals surface area contributed by atoms with Crippen LogP contribution in [-0.4, -0.2) is 0 Å². The molecule has 0 radical (unpaired) electrons. The van der Waals surface area contributed by atoms with Crippen LogP contribution in [0.3, 0.4) is 0 Å². The molecule has 11 rings (SSSR count). The molecular weight excluding hydrogens is 693 g/mol. The maximum atomic E-state index is 6.49. The van der Waals surface area contributed by atoms with Crippen molar-refractivity contribution in [2.45, 2.75) is 5.92 Å². The van der Waals surface area contributed by atoms with Gasteiger partial charge in [0.05, 0.1) is 0 Å². The monoisotopic (exact) mass is 728 g/mol. The highest BCUT2D eigenvalue weighted by Crippen LogP contribution is 2.41. The molecule has 1 unspecified atom stereocenters. The number of furan rings is 2. The minimum atomic E-state index is -0.00891. The Morgan fingerprint density at radius 1 is 0.263 bits per heavy atom. The van der Waals surface area contributed by atoms with E-state index in [2.05, 4.69) is 188 Å². The highest BCUT2D eigenvalue weighted by molar-refractivity contribution is 6.10. The lowest BCUT2D eigenvalue weighted by molar-refractivity contribution is 0.669. The molecule has 0 aliphatic heterocycles. The second-order valence-corrected chi connectivity index (χ2v) is 14.8. The van der Waals surface area contributed by atoms with Crippen molar-refractivity contribution in [3.05, 3.63) is 229 Å². The van der Waals surface area contributed by atoms with Gasteiger partial charge in [-0.1, -0.05) is 200 Å². The predicted molar refractivity (Wildman–Crippen MR) is 237 cm³/mol. The fourth-order valence-electron chi connectivity index (χ4n) is 8.62. The highest BCUT2D eigenvalue weighted by atomic mass is 16.3. The first-order valence-corrected chi connectivity index (χ1v) is 19.5. The van der Waals surface area contributed by atoms with Gasteiger partial charge in [0.2, 0.25) is 0 Å². The van der Waals surface area contributed by atoms with Crippen molar-refractivity contribution in [2.24, 2.45) is 0 Å². The van der Waals surface area contributed by atoms with E-state index in [0.29, 0.717) is 0 Å². The summed E-state index contributed by atoms with van der Waals surface area (Å²) in [6, 6.07) is 76.0. The van der Waals surface area contributed by atoms with Gasteiger partial charge in [0, 0.05) is 38.6 Å². The van der Waals surface area contributed by atoms with Crippen molar-refractivity contribution < 1.29 is 8.83 Å². The molecule has 0 fully saturated rings. The van der Waals surface area contributed by atoms with E-state index in [4.69, 9.17) is 8.83 Å². The van der Waals surface area contributed by atoms with Gasteiger partial charge >= 0.3 is 0 Å². The van der Waals surface area contributed by atoms with Gasteiger partial charge in [-0.2, -0.15) is 0 Å². The Balaban J connectivity index is 1.00. The summed E-state index contributed by atoms with van der Waals surface area (Å²) in [5.74, 6) is -0.00891. The van der Waals surface area contributed by atoms with E-state index in [-0.39, 0.29) is 5.92 Å². The van der Waals surface area contributed by atoms with E-state index >= 15 is 0 Å². The fraction of sp³-hybridized carbons (Fsp3) is 0.0182. The van der Waals surface area contributed by atoms with Gasteiger partial charge < -0.3 is 8.83 Å². The van der Waals surface area contributed by atoms with Crippen LogP contribution in [0.5, 0.6) is 0 Å². The lowest BCUT2D eigenvalue weighted by atomic mass is 9.83. The molecule has 2 heteroatoms. The molecule has 9 aromatic carbocycles. The second kappa shape index (κ2) is 13.7. The van der Waals surface area contributed by atoms with Crippen molar-refractivity contribution in [1.82, 2.24) is 0 Å². The van der Waals surface area contributed by atoms with Crippen LogP contribution in [-0.2, 0) is 0 Å². The van der Waals surface area contributed by atoms with E-state index in [1.165, 1.54) is 38.9 Å². The number of hydrogen-bond donors (Lipinski definition) is 0. The zero-order valence-electron chi connectivity index (χ0n) is 31.1. The summed E-state index contributed by atoms with van der Waals surface area (Å²) in [6.45, 7) is 0. The first-order valence-electron chi connectivity index (χ1n) is 19.5. The number of para-hydroxylation sites is 4. The van der Waals surface area contributed by atoms with Crippen molar-refractivity contribution in [1.29, 1.82) is 0 Å². The van der Waals surface area contributed by atoms with Crippen LogP contribution in [0.1, 0.15) is 22.6 Å². The van der Waals surface area contributed by atoms with E-state index < -0.39 is 0 Å². The summed E-state index contributed by atoms with van der Waals surface area (Å²) in [6.07, 6.45) is 0. The van der Waals surface area contributed by atoms with Gasteiger partial charge in [-0.3, -0.25) is 0 Å². The highest BCUT2D eigenvalue weighted by Gasteiger charge is 2.20. The van der Waals surface area contributed by atoms with Crippen molar-refractivity contribution in [3.8, 4) is 44.5 Å². The Bertz CT molecular complexity index is 3200. The summed E-state index contributed by atoms with van der Waals surface area (Å²) in [5.41, 5.74) is 16.6. The van der Waals surface area contributed by atoms with Gasteiger partial charge in [-0.25, -0.2) is 0 Å². The molecule has 0 saturated heterocycles. The molecule has 2 nitrogen and oxygen atoms in total. The molecule has 1 atom stereocenters. The van der Waals surface area contributed by atoms with Crippen molar-refractivity contribution in [2.75, 3.05) is 0 Å². The Morgan fingerprint density at radius 3 is 1.23 bits per heavy atom. The Morgan fingerprint density at radius 2 is 0.667 bits per heavy atom. The summed E-state index contributed by atoms with van der Waals surface area (Å²) >= 11 is 0. The topological polar surface area (TPSA) is 26.3 Å². The van der Waals surface area contributed by atoms with Gasteiger partial charge in [0.25, 0.3) is 0 Å². The zero-order valence-corrected chi connectivity index (χ0v) is 31.1. The molecule has 0 amide bonds. The average molecular weight is 729 g/mol. The maximum Gasteiger partial charge on any atom is 0.143 e. The molecule has 2 aromatic heterocycles. The van der Waals surface area contributed by atoms with Crippen LogP contribution in [0.25, 0.3) is 88.4 Å². The predicted octanol–water partition coefficient (Wildman–Crippen LogP) is 15.3. The number of rotatable bonds is 7. The normalized spacial score (nSPS) is 12.1. The van der Waals surface area contributed by atoms with Gasteiger partial charge in [-0.05, 0) is 62.2 Å². The largest absolute Gasteiger partial charge is 0.455 e. The zero-order chi connectivity index (χ0) is 37.7. The van der Waals surface area contributed by atoms with Crippen LogP contribution >= 0.6 is 0 Å². The van der Waals surface area contributed by atoms with Crippen LogP contribution in [0, 0.1) is 0 Å². The summed E-state index contributed by atoms with van der Waals surface area (Å²) in [4.78, 5) is 0. The minimum absolute atomic E-state index is 0.00891. The first kappa shape index (κ1) is 33.0. The number of benzene rings is 9. The molecular formula is C55H36O2. The van der Waals surface area contributed by atoms with Crippen LogP contribution in [0.15, 0.2) is 221 Å². The van der Waals surface area contributed by atoms with Gasteiger partial charge in [0.15, 0.2) is 0 Å². The van der Waals surface area contributed by atoms with E-state index in [1.54, 1.807) is 0 Å². The molecule has 0 saturated carbocycles. The molecule has 0 aliphatic rings. The third-order valence-corrected chi connectivity index (χ3v) is 11.5. The number of fused-ring (bicyclic) bond motifs is 6. The SMILES string of the molecule is c1ccc(-c2ccc(-c3ccc(C(c4ccc(-c5cccc6c5oc5ccccc56)cc4)c4cccc(-c5cccc6c5oc5ccccc56)c4)cc3)cc2)cc1. The lowest BCUT2D eigenvalue weighted by Crippen LogP contribution is -2.04. The molecule has 0 spiro atoms. The third kappa shape index (κ3) is 5.82. The summed E-state index contributed by atoms with van der Waals surface area (Å²) in [5, 5.41) is 4.54.